The summed E-state index contributed by atoms with van der Waals surface area (Å²) in [5, 5.41) is 9.79. The second kappa shape index (κ2) is 6.22. The highest BCUT2D eigenvalue weighted by Crippen LogP contribution is 2.29. The number of hydrogen-bond acceptors (Lipinski definition) is 2. The van der Waals surface area contributed by atoms with Crippen molar-refractivity contribution in [2.45, 2.75) is 39.3 Å². The van der Waals surface area contributed by atoms with Crippen molar-refractivity contribution in [2.75, 3.05) is 6.54 Å². The molecule has 20 heavy (non-hydrogen) atoms. The lowest BCUT2D eigenvalue weighted by Gasteiger charge is -2.30. The van der Waals surface area contributed by atoms with Crippen LogP contribution >= 0.6 is 15.9 Å². The molecule has 3 nitrogen and oxygen atoms in total. The zero-order valence-electron chi connectivity index (χ0n) is 11.7. The van der Waals surface area contributed by atoms with E-state index in [2.05, 4.69) is 15.9 Å². The van der Waals surface area contributed by atoms with Crippen LogP contribution in [0.1, 0.15) is 31.4 Å². The van der Waals surface area contributed by atoms with Crippen LogP contribution < -0.4 is 0 Å². The molecule has 0 fully saturated rings. The van der Waals surface area contributed by atoms with E-state index >= 15 is 0 Å². The van der Waals surface area contributed by atoms with Gasteiger partial charge in [-0.05, 0) is 30.0 Å². The van der Waals surface area contributed by atoms with Gasteiger partial charge in [0.15, 0.2) is 0 Å². The topological polar surface area (TPSA) is 40.5 Å². The molecule has 0 saturated carbocycles. The van der Waals surface area contributed by atoms with E-state index in [4.69, 9.17) is 0 Å². The summed E-state index contributed by atoms with van der Waals surface area (Å²) >= 11 is 3.42. The highest BCUT2D eigenvalue weighted by atomic mass is 79.9. The van der Waals surface area contributed by atoms with Crippen molar-refractivity contribution < 1.29 is 14.3 Å². The smallest absolute Gasteiger partial charge is 0.225 e. The quantitative estimate of drug-likeness (QED) is 0.916. The SMILES string of the molecule is CC(C)C(O)CC(=O)N1CCc2c(Br)ccc(F)c2C1. The average molecular weight is 344 g/mol. The number of hydrogen-bond donors (Lipinski definition) is 1. The van der Waals surface area contributed by atoms with E-state index in [-0.39, 0.29) is 30.6 Å². The molecule has 1 atom stereocenters. The molecule has 0 bridgehead atoms. The van der Waals surface area contributed by atoms with Gasteiger partial charge < -0.3 is 10.0 Å². The molecule has 0 saturated heterocycles. The molecule has 1 amide bonds. The summed E-state index contributed by atoms with van der Waals surface area (Å²) in [6, 6.07) is 3.12. The van der Waals surface area contributed by atoms with E-state index < -0.39 is 6.10 Å². The second-order valence-corrected chi connectivity index (χ2v) is 6.42. The van der Waals surface area contributed by atoms with Crippen molar-refractivity contribution >= 4 is 21.8 Å². The highest BCUT2D eigenvalue weighted by molar-refractivity contribution is 9.10. The third-order valence-electron chi connectivity index (χ3n) is 3.80. The van der Waals surface area contributed by atoms with Gasteiger partial charge in [-0.25, -0.2) is 4.39 Å². The molecule has 0 spiro atoms. The van der Waals surface area contributed by atoms with Gasteiger partial charge in [0.05, 0.1) is 12.5 Å². The first-order valence-corrected chi connectivity index (χ1v) is 7.61. The molecular weight excluding hydrogens is 325 g/mol. The lowest BCUT2D eigenvalue weighted by molar-refractivity contribution is -0.134. The van der Waals surface area contributed by atoms with Gasteiger partial charge in [-0.1, -0.05) is 29.8 Å². The summed E-state index contributed by atoms with van der Waals surface area (Å²) in [6.07, 6.45) is 0.0936. The first kappa shape index (κ1) is 15.4. The van der Waals surface area contributed by atoms with Gasteiger partial charge in [0, 0.05) is 23.1 Å². The minimum Gasteiger partial charge on any atom is -0.392 e. The van der Waals surface area contributed by atoms with E-state index in [1.807, 2.05) is 13.8 Å². The fraction of sp³-hybridized carbons (Fsp3) is 0.533. The predicted octanol–water partition coefficient (Wildman–Crippen LogP) is 2.88. The van der Waals surface area contributed by atoms with Crippen molar-refractivity contribution in [1.29, 1.82) is 0 Å². The van der Waals surface area contributed by atoms with E-state index in [1.54, 1.807) is 11.0 Å². The molecular formula is C15H19BrFNO2. The molecule has 5 heteroatoms. The van der Waals surface area contributed by atoms with E-state index in [1.165, 1.54) is 6.07 Å². The van der Waals surface area contributed by atoms with Crippen LogP contribution in [0.5, 0.6) is 0 Å². The van der Waals surface area contributed by atoms with E-state index in [0.29, 0.717) is 18.5 Å². The molecule has 110 valence electrons. The molecule has 2 rings (SSSR count). The third-order valence-corrected chi connectivity index (χ3v) is 4.55. The predicted molar refractivity (Wildman–Crippen MR) is 78.7 cm³/mol. The Hall–Kier alpha value is -0.940. The summed E-state index contributed by atoms with van der Waals surface area (Å²) in [4.78, 5) is 13.8. The molecule has 0 aliphatic carbocycles. The average Bonchev–Trinajstić information content (AvgIpc) is 2.42. The lowest BCUT2D eigenvalue weighted by Crippen LogP contribution is -2.38. The molecule has 1 aromatic carbocycles. The molecule has 1 aliphatic heterocycles. The summed E-state index contributed by atoms with van der Waals surface area (Å²) in [7, 11) is 0. The standard InChI is InChI=1S/C15H19BrFNO2/c1-9(2)14(19)7-15(20)18-6-5-10-11(8-18)13(17)4-3-12(10)16/h3-4,9,14,19H,5-8H2,1-2H3. The normalized spacial score (nSPS) is 16.2. The Morgan fingerprint density at radius 3 is 2.80 bits per heavy atom. The molecule has 0 aromatic heterocycles. The summed E-state index contributed by atoms with van der Waals surface area (Å²) in [6.45, 7) is 4.60. The number of aliphatic hydroxyl groups excluding tert-OH is 1. The maximum Gasteiger partial charge on any atom is 0.225 e. The van der Waals surface area contributed by atoms with Gasteiger partial charge in [0.25, 0.3) is 0 Å². The zero-order chi connectivity index (χ0) is 14.9. The van der Waals surface area contributed by atoms with Crippen molar-refractivity contribution in [3.05, 3.63) is 33.5 Å². The van der Waals surface area contributed by atoms with Crippen molar-refractivity contribution in [1.82, 2.24) is 4.90 Å². The van der Waals surface area contributed by atoms with Crippen LogP contribution in [0.25, 0.3) is 0 Å². The van der Waals surface area contributed by atoms with Crippen LogP contribution in [-0.2, 0) is 17.8 Å². The number of fused-ring (bicyclic) bond motifs is 1. The summed E-state index contributed by atoms with van der Waals surface area (Å²) in [5.41, 5.74) is 1.52. The molecule has 1 aliphatic rings. The maximum atomic E-state index is 13.9. The Labute approximate surface area is 126 Å². The number of halogens is 2. The Morgan fingerprint density at radius 2 is 2.15 bits per heavy atom. The number of carbonyl (C=O) groups excluding carboxylic acids is 1. The van der Waals surface area contributed by atoms with Gasteiger partial charge >= 0.3 is 0 Å². The largest absolute Gasteiger partial charge is 0.392 e. The number of nitrogens with zero attached hydrogens (tertiary/aromatic N) is 1. The van der Waals surface area contributed by atoms with Crippen molar-refractivity contribution in [3.63, 3.8) is 0 Å². The first-order chi connectivity index (χ1) is 9.40. The molecule has 0 radical (unpaired) electrons. The van der Waals surface area contributed by atoms with Gasteiger partial charge in [0.2, 0.25) is 5.91 Å². The van der Waals surface area contributed by atoms with Crippen LogP contribution in [-0.4, -0.2) is 28.6 Å². The number of aliphatic hydroxyl groups is 1. The number of amides is 1. The highest BCUT2D eigenvalue weighted by Gasteiger charge is 2.26. The molecule has 1 unspecified atom stereocenters. The minimum absolute atomic E-state index is 0.0434. The molecule has 1 N–H and O–H groups in total. The van der Waals surface area contributed by atoms with Crippen molar-refractivity contribution in [2.24, 2.45) is 5.92 Å². The van der Waals surface area contributed by atoms with E-state index in [0.717, 1.165) is 10.0 Å². The molecule has 1 aromatic rings. The van der Waals surface area contributed by atoms with Gasteiger partial charge in [-0.3, -0.25) is 4.79 Å². The first-order valence-electron chi connectivity index (χ1n) is 6.81. The van der Waals surface area contributed by atoms with Gasteiger partial charge in [-0.2, -0.15) is 0 Å². The Balaban J connectivity index is 2.11. The number of carbonyl (C=O) groups is 1. The van der Waals surface area contributed by atoms with Crippen LogP contribution in [0, 0.1) is 11.7 Å². The summed E-state index contributed by atoms with van der Waals surface area (Å²) < 4.78 is 14.8. The van der Waals surface area contributed by atoms with Crippen LogP contribution in [0.15, 0.2) is 16.6 Å². The van der Waals surface area contributed by atoms with Gasteiger partial charge in [0.1, 0.15) is 5.82 Å². The van der Waals surface area contributed by atoms with Crippen molar-refractivity contribution in [3.8, 4) is 0 Å². The van der Waals surface area contributed by atoms with E-state index in [9.17, 15) is 14.3 Å². The summed E-state index contributed by atoms with van der Waals surface area (Å²) in [5.74, 6) is -0.344. The number of benzene rings is 1. The van der Waals surface area contributed by atoms with Crippen LogP contribution in [0.2, 0.25) is 0 Å². The fourth-order valence-corrected chi connectivity index (χ4v) is 2.92. The third kappa shape index (κ3) is 3.20. The lowest BCUT2D eigenvalue weighted by atomic mass is 9.98. The molecule has 1 heterocycles. The van der Waals surface area contributed by atoms with Crippen LogP contribution in [0.3, 0.4) is 0 Å². The fourth-order valence-electron chi connectivity index (χ4n) is 2.35. The minimum atomic E-state index is -0.642. The Bertz CT molecular complexity index is 519. The number of rotatable bonds is 3. The monoisotopic (exact) mass is 343 g/mol. The second-order valence-electron chi connectivity index (χ2n) is 5.57. The van der Waals surface area contributed by atoms with Gasteiger partial charge in [-0.15, -0.1) is 0 Å². The maximum absolute atomic E-state index is 13.9. The zero-order valence-corrected chi connectivity index (χ0v) is 13.3. The van der Waals surface area contributed by atoms with Crippen LogP contribution in [0.4, 0.5) is 4.39 Å². The Morgan fingerprint density at radius 1 is 1.45 bits per heavy atom. The Kier molecular flexibility index (Phi) is 4.81.